The Balaban J connectivity index is 1.79. The second kappa shape index (κ2) is 6.96. The van der Waals surface area contributed by atoms with Crippen molar-refractivity contribution in [3.05, 3.63) is 75.9 Å². The van der Waals surface area contributed by atoms with Gasteiger partial charge in [-0.25, -0.2) is 0 Å². The smallest absolute Gasteiger partial charge is 0.289 e. The first-order chi connectivity index (χ1) is 11.4. The topological polar surface area (TPSA) is 29.1 Å². The Morgan fingerprint density at radius 3 is 2.50 bits per heavy atom. The molecule has 0 spiro atoms. The minimum Gasteiger partial charge on any atom is -0.289 e. The molecule has 0 saturated heterocycles. The molecule has 0 aliphatic carbocycles. The van der Waals surface area contributed by atoms with Crippen LogP contribution < -0.4 is 10.2 Å². The van der Waals surface area contributed by atoms with Crippen molar-refractivity contribution in [1.29, 1.82) is 0 Å². The maximum Gasteiger partial charge on any atom is 0.416 e. The third-order valence-corrected chi connectivity index (χ3v) is 5.33. The molecule has 0 saturated carbocycles. The van der Waals surface area contributed by atoms with E-state index in [0.29, 0.717) is 15.5 Å². The van der Waals surface area contributed by atoms with Crippen LogP contribution >= 0.6 is 23.3 Å². The zero-order valence-electron chi connectivity index (χ0n) is 12.3. The Hall–Kier alpha value is -1.83. The van der Waals surface area contributed by atoms with Gasteiger partial charge < -0.3 is 0 Å². The van der Waals surface area contributed by atoms with Crippen LogP contribution in [0.5, 0.6) is 0 Å². The average Bonchev–Trinajstić information content (AvgIpc) is 2.55. The standard InChI is InChI=1S/C17H12F3NOS2/c18-17(19,20)12-6-7-15-13(8-12)14(22)9-16(23-15)24-21-10-11-4-2-1-3-5-11/h1-9,21H,10H2. The lowest BCUT2D eigenvalue weighted by molar-refractivity contribution is -0.137. The van der Waals surface area contributed by atoms with E-state index in [1.165, 1.54) is 35.4 Å². The molecule has 3 rings (SSSR count). The summed E-state index contributed by atoms with van der Waals surface area (Å²) >= 11 is 2.59. The average molecular weight is 367 g/mol. The van der Waals surface area contributed by atoms with Crippen LogP contribution in [0.1, 0.15) is 11.1 Å². The monoisotopic (exact) mass is 367 g/mol. The minimum absolute atomic E-state index is 0.0993. The molecule has 0 aliphatic heterocycles. The van der Waals surface area contributed by atoms with Gasteiger partial charge in [-0.3, -0.25) is 9.52 Å². The molecule has 0 atom stereocenters. The molecule has 124 valence electrons. The molecule has 0 radical (unpaired) electrons. The highest BCUT2D eigenvalue weighted by Gasteiger charge is 2.30. The number of nitrogens with one attached hydrogen (secondary N) is 1. The number of benzene rings is 2. The Morgan fingerprint density at radius 2 is 1.79 bits per heavy atom. The zero-order chi connectivity index (χ0) is 17.2. The maximum absolute atomic E-state index is 12.7. The molecule has 0 bridgehead atoms. The van der Waals surface area contributed by atoms with Crippen LogP contribution in [0, 0.1) is 0 Å². The Labute approximate surface area is 144 Å². The molecular formula is C17H12F3NOS2. The lowest BCUT2D eigenvalue weighted by Crippen LogP contribution is -2.07. The minimum atomic E-state index is -4.45. The summed E-state index contributed by atoms with van der Waals surface area (Å²) < 4.78 is 42.6. The van der Waals surface area contributed by atoms with E-state index < -0.39 is 17.2 Å². The molecular weight excluding hydrogens is 355 g/mol. The fraction of sp³-hybridized carbons (Fsp3) is 0.118. The zero-order valence-corrected chi connectivity index (χ0v) is 13.9. The van der Waals surface area contributed by atoms with E-state index in [1.807, 2.05) is 30.3 Å². The third kappa shape index (κ3) is 3.98. The van der Waals surface area contributed by atoms with Crippen LogP contribution in [0.25, 0.3) is 10.1 Å². The second-order valence-electron chi connectivity index (χ2n) is 5.05. The highest BCUT2D eigenvalue weighted by molar-refractivity contribution is 7.99. The van der Waals surface area contributed by atoms with Gasteiger partial charge in [0, 0.05) is 22.7 Å². The first-order valence-corrected chi connectivity index (χ1v) is 8.65. The van der Waals surface area contributed by atoms with Gasteiger partial charge in [0.05, 0.1) is 9.77 Å². The molecule has 2 nitrogen and oxygen atoms in total. The van der Waals surface area contributed by atoms with Crippen LogP contribution in [-0.2, 0) is 12.7 Å². The van der Waals surface area contributed by atoms with E-state index in [0.717, 1.165) is 17.7 Å². The van der Waals surface area contributed by atoms with E-state index in [9.17, 15) is 18.0 Å². The van der Waals surface area contributed by atoms with Gasteiger partial charge in [-0.2, -0.15) is 13.2 Å². The molecule has 0 unspecified atom stereocenters. The van der Waals surface area contributed by atoms with Gasteiger partial charge in [-0.1, -0.05) is 30.3 Å². The van der Waals surface area contributed by atoms with Gasteiger partial charge in [0.1, 0.15) is 0 Å². The molecule has 24 heavy (non-hydrogen) atoms. The van der Waals surface area contributed by atoms with Crippen molar-refractivity contribution >= 4 is 33.4 Å². The van der Waals surface area contributed by atoms with Gasteiger partial charge in [-0.05, 0) is 35.7 Å². The summed E-state index contributed by atoms with van der Waals surface area (Å²) in [6, 6.07) is 14.4. The number of hydrogen-bond acceptors (Lipinski definition) is 4. The third-order valence-electron chi connectivity index (χ3n) is 3.32. The SMILES string of the molecule is O=c1cc(SNCc2ccccc2)sc2ccc(C(F)(F)F)cc12. The molecule has 2 aromatic carbocycles. The Bertz CT molecular complexity index is 907. The van der Waals surface area contributed by atoms with Crippen LogP contribution in [-0.4, -0.2) is 0 Å². The van der Waals surface area contributed by atoms with Crippen molar-refractivity contribution in [2.45, 2.75) is 16.9 Å². The molecule has 1 N–H and O–H groups in total. The van der Waals surface area contributed by atoms with Crippen molar-refractivity contribution in [3.63, 3.8) is 0 Å². The summed E-state index contributed by atoms with van der Waals surface area (Å²) in [7, 11) is 0. The van der Waals surface area contributed by atoms with Crippen molar-refractivity contribution < 1.29 is 13.2 Å². The van der Waals surface area contributed by atoms with Gasteiger partial charge in [-0.15, -0.1) is 11.3 Å². The van der Waals surface area contributed by atoms with Gasteiger partial charge >= 0.3 is 6.18 Å². The van der Waals surface area contributed by atoms with E-state index in [-0.39, 0.29) is 5.39 Å². The Kier molecular flexibility index (Phi) is 4.93. The van der Waals surface area contributed by atoms with Gasteiger partial charge in [0.15, 0.2) is 5.43 Å². The van der Waals surface area contributed by atoms with Crippen molar-refractivity contribution in [2.24, 2.45) is 0 Å². The molecule has 1 aromatic heterocycles. The summed E-state index contributed by atoms with van der Waals surface area (Å²) in [6.07, 6.45) is -4.45. The maximum atomic E-state index is 12.7. The van der Waals surface area contributed by atoms with E-state index >= 15 is 0 Å². The molecule has 7 heteroatoms. The summed E-state index contributed by atoms with van der Waals surface area (Å²) in [5, 5.41) is 0.0993. The largest absolute Gasteiger partial charge is 0.416 e. The van der Waals surface area contributed by atoms with Crippen molar-refractivity contribution in [1.82, 2.24) is 4.72 Å². The normalized spacial score (nSPS) is 11.8. The van der Waals surface area contributed by atoms with Gasteiger partial charge in [0.25, 0.3) is 0 Å². The highest BCUT2D eigenvalue weighted by Crippen LogP contribution is 2.33. The van der Waals surface area contributed by atoms with Crippen molar-refractivity contribution in [2.75, 3.05) is 0 Å². The Morgan fingerprint density at radius 1 is 1.04 bits per heavy atom. The molecule has 0 amide bonds. The fourth-order valence-corrected chi connectivity index (χ4v) is 4.10. The second-order valence-corrected chi connectivity index (χ2v) is 7.32. The van der Waals surface area contributed by atoms with Crippen LogP contribution in [0.3, 0.4) is 0 Å². The number of halogens is 3. The number of fused-ring (bicyclic) bond motifs is 1. The van der Waals surface area contributed by atoms with Crippen molar-refractivity contribution in [3.8, 4) is 0 Å². The predicted molar refractivity (Wildman–Crippen MR) is 92.2 cm³/mol. The first kappa shape index (κ1) is 17.0. The van der Waals surface area contributed by atoms with E-state index in [2.05, 4.69) is 4.72 Å². The van der Waals surface area contributed by atoms with Crippen LogP contribution in [0.15, 0.2) is 63.6 Å². The number of alkyl halides is 3. The molecule has 1 heterocycles. The van der Waals surface area contributed by atoms with Gasteiger partial charge in [0.2, 0.25) is 0 Å². The molecule has 0 aliphatic rings. The molecule has 3 aromatic rings. The molecule has 0 fully saturated rings. The van der Waals surface area contributed by atoms with E-state index in [1.54, 1.807) is 0 Å². The highest BCUT2D eigenvalue weighted by atomic mass is 32.2. The summed E-state index contributed by atoms with van der Waals surface area (Å²) in [5.41, 5.74) is -0.103. The van der Waals surface area contributed by atoms with Crippen LogP contribution in [0.2, 0.25) is 0 Å². The number of hydrogen-bond donors (Lipinski definition) is 1. The predicted octanol–water partition coefficient (Wildman–Crippen LogP) is 5.08. The summed E-state index contributed by atoms with van der Waals surface area (Å²) in [4.78, 5) is 12.1. The van der Waals surface area contributed by atoms with E-state index in [4.69, 9.17) is 0 Å². The van der Waals surface area contributed by atoms with Crippen LogP contribution in [0.4, 0.5) is 13.2 Å². The lowest BCUT2D eigenvalue weighted by atomic mass is 10.1. The summed E-state index contributed by atoms with van der Waals surface area (Å²) in [6.45, 7) is 0.622. The first-order valence-electron chi connectivity index (χ1n) is 7.02. The number of rotatable bonds is 4. The quantitative estimate of drug-likeness (QED) is 0.652. The lowest BCUT2D eigenvalue weighted by Gasteiger charge is -2.08. The summed E-state index contributed by atoms with van der Waals surface area (Å²) in [5.74, 6) is 0. The fourth-order valence-electron chi connectivity index (χ4n) is 2.15.